The fourth-order valence-corrected chi connectivity index (χ4v) is 5.27. The Morgan fingerprint density at radius 3 is 2.50 bits per heavy atom. The highest BCUT2D eigenvalue weighted by Gasteiger charge is 2.27. The van der Waals surface area contributed by atoms with Gasteiger partial charge in [-0.05, 0) is 75.4 Å². The topological polar surface area (TPSA) is 67.9 Å². The number of aryl methyl sites for hydroxylation is 1. The third kappa shape index (κ3) is 4.76. The van der Waals surface area contributed by atoms with Crippen molar-refractivity contribution in [2.75, 3.05) is 40.0 Å². The molecule has 2 aliphatic heterocycles. The van der Waals surface area contributed by atoms with Crippen LogP contribution >= 0.6 is 0 Å². The molecule has 146 valence electrons. The fourth-order valence-electron chi connectivity index (χ4n) is 3.93. The van der Waals surface area contributed by atoms with Crippen LogP contribution in [0.5, 0.6) is 5.75 Å². The van der Waals surface area contributed by atoms with E-state index in [4.69, 9.17) is 9.47 Å². The van der Waals surface area contributed by atoms with E-state index < -0.39 is 10.0 Å². The van der Waals surface area contributed by atoms with Crippen LogP contribution in [-0.2, 0) is 14.8 Å². The second-order valence-electron chi connectivity index (χ2n) is 7.31. The van der Waals surface area contributed by atoms with Gasteiger partial charge in [-0.2, -0.15) is 0 Å². The molecule has 2 heterocycles. The molecule has 2 fully saturated rings. The van der Waals surface area contributed by atoms with E-state index >= 15 is 0 Å². The van der Waals surface area contributed by atoms with Gasteiger partial charge in [0, 0.05) is 25.8 Å². The van der Waals surface area contributed by atoms with E-state index in [9.17, 15) is 8.42 Å². The zero-order valence-corrected chi connectivity index (χ0v) is 16.6. The summed E-state index contributed by atoms with van der Waals surface area (Å²) in [5, 5.41) is 0. The Bertz CT molecular complexity index is 693. The smallest absolute Gasteiger partial charge is 0.240 e. The standard InChI is InChI=1S/C19H30N2O4S/c1-15-13-18(24-2)3-4-19(15)26(22,23)20-14-16-5-9-21(10-6-16)17-7-11-25-12-8-17/h3-4,13,16-17,20H,5-12,14H2,1-2H3. The highest BCUT2D eigenvalue weighted by molar-refractivity contribution is 7.89. The molecule has 1 aromatic rings. The van der Waals surface area contributed by atoms with Crippen LogP contribution in [-0.4, -0.2) is 59.3 Å². The van der Waals surface area contributed by atoms with Crippen LogP contribution < -0.4 is 9.46 Å². The number of likely N-dealkylation sites (tertiary alicyclic amines) is 1. The Morgan fingerprint density at radius 1 is 1.19 bits per heavy atom. The summed E-state index contributed by atoms with van der Waals surface area (Å²) in [4.78, 5) is 2.89. The molecular weight excluding hydrogens is 352 g/mol. The van der Waals surface area contributed by atoms with Gasteiger partial charge >= 0.3 is 0 Å². The number of rotatable bonds is 6. The Balaban J connectivity index is 1.51. The molecule has 0 aliphatic carbocycles. The summed E-state index contributed by atoms with van der Waals surface area (Å²) in [5.41, 5.74) is 0.700. The molecule has 26 heavy (non-hydrogen) atoms. The molecule has 0 atom stereocenters. The third-order valence-electron chi connectivity index (χ3n) is 5.59. The van der Waals surface area contributed by atoms with Crippen molar-refractivity contribution in [1.82, 2.24) is 9.62 Å². The number of piperidine rings is 1. The molecule has 0 amide bonds. The highest BCUT2D eigenvalue weighted by atomic mass is 32.2. The summed E-state index contributed by atoms with van der Waals surface area (Å²) < 4.78 is 38.7. The highest BCUT2D eigenvalue weighted by Crippen LogP contribution is 2.24. The van der Waals surface area contributed by atoms with Gasteiger partial charge < -0.3 is 14.4 Å². The van der Waals surface area contributed by atoms with Crippen molar-refractivity contribution >= 4 is 10.0 Å². The van der Waals surface area contributed by atoms with Gasteiger partial charge in [-0.15, -0.1) is 0 Å². The van der Waals surface area contributed by atoms with Crippen LogP contribution in [0.4, 0.5) is 0 Å². The zero-order chi connectivity index (χ0) is 18.6. The van der Waals surface area contributed by atoms with Crippen LogP contribution in [0.15, 0.2) is 23.1 Å². The molecule has 0 aromatic heterocycles. The van der Waals surface area contributed by atoms with Crippen LogP contribution in [0.25, 0.3) is 0 Å². The average molecular weight is 383 g/mol. The molecule has 2 saturated heterocycles. The van der Waals surface area contributed by atoms with E-state index in [-0.39, 0.29) is 0 Å². The molecule has 0 radical (unpaired) electrons. The number of hydrogen-bond acceptors (Lipinski definition) is 5. The molecule has 0 spiro atoms. The maximum absolute atomic E-state index is 12.6. The van der Waals surface area contributed by atoms with Crippen LogP contribution in [0.1, 0.15) is 31.2 Å². The van der Waals surface area contributed by atoms with Crippen molar-refractivity contribution in [3.8, 4) is 5.75 Å². The van der Waals surface area contributed by atoms with E-state index in [1.807, 2.05) is 0 Å². The molecular formula is C19H30N2O4S. The van der Waals surface area contributed by atoms with Crippen molar-refractivity contribution in [3.05, 3.63) is 23.8 Å². The summed E-state index contributed by atoms with van der Waals surface area (Å²) in [6, 6.07) is 5.70. The Morgan fingerprint density at radius 2 is 1.88 bits per heavy atom. The average Bonchev–Trinajstić information content (AvgIpc) is 2.67. The first-order chi connectivity index (χ1) is 12.5. The van der Waals surface area contributed by atoms with Crippen molar-refractivity contribution < 1.29 is 17.9 Å². The third-order valence-corrected chi connectivity index (χ3v) is 7.17. The second kappa shape index (κ2) is 8.69. The second-order valence-corrected chi connectivity index (χ2v) is 9.04. The van der Waals surface area contributed by atoms with Gasteiger partial charge in [0.25, 0.3) is 0 Å². The Labute approximate surface area is 156 Å². The van der Waals surface area contributed by atoms with Gasteiger partial charge in [0.15, 0.2) is 0 Å². The van der Waals surface area contributed by atoms with Gasteiger partial charge in [-0.3, -0.25) is 0 Å². The van der Waals surface area contributed by atoms with E-state index in [2.05, 4.69) is 9.62 Å². The van der Waals surface area contributed by atoms with Crippen LogP contribution in [0, 0.1) is 12.8 Å². The number of benzene rings is 1. The molecule has 3 rings (SSSR count). The molecule has 6 nitrogen and oxygen atoms in total. The molecule has 1 aromatic carbocycles. The van der Waals surface area contributed by atoms with Crippen molar-refractivity contribution in [3.63, 3.8) is 0 Å². The van der Waals surface area contributed by atoms with Crippen molar-refractivity contribution in [2.45, 2.75) is 43.5 Å². The summed E-state index contributed by atoms with van der Waals surface area (Å²) in [7, 11) is -1.91. The predicted molar refractivity (Wildman–Crippen MR) is 101 cm³/mol. The molecule has 2 aliphatic rings. The monoisotopic (exact) mass is 382 g/mol. The summed E-state index contributed by atoms with van der Waals surface area (Å²) in [6.07, 6.45) is 4.32. The number of nitrogens with zero attached hydrogens (tertiary/aromatic N) is 1. The predicted octanol–water partition coefficient (Wildman–Crippen LogP) is 2.17. The summed E-state index contributed by atoms with van der Waals surface area (Å²) in [6.45, 7) is 6.15. The maximum atomic E-state index is 12.6. The lowest BCUT2D eigenvalue weighted by Crippen LogP contribution is -2.45. The Hall–Kier alpha value is -1.15. The lowest BCUT2D eigenvalue weighted by atomic mass is 9.94. The quantitative estimate of drug-likeness (QED) is 0.817. The van der Waals surface area contributed by atoms with Gasteiger partial charge in [-0.1, -0.05) is 0 Å². The molecule has 1 N–H and O–H groups in total. The number of methoxy groups -OCH3 is 1. The minimum Gasteiger partial charge on any atom is -0.497 e. The van der Waals surface area contributed by atoms with Crippen molar-refractivity contribution in [2.24, 2.45) is 5.92 Å². The number of sulfonamides is 1. The lowest BCUT2D eigenvalue weighted by molar-refractivity contribution is 0.0214. The number of hydrogen-bond donors (Lipinski definition) is 1. The van der Waals surface area contributed by atoms with E-state index in [1.54, 1.807) is 32.2 Å². The number of nitrogens with one attached hydrogen (secondary N) is 1. The first-order valence-corrected chi connectivity index (χ1v) is 10.9. The summed E-state index contributed by atoms with van der Waals surface area (Å²) in [5.74, 6) is 1.07. The van der Waals surface area contributed by atoms with E-state index in [0.717, 1.165) is 52.0 Å². The minimum atomic E-state index is -3.48. The minimum absolute atomic E-state index is 0.331. The SMILES string of the molecule is COc1ccc(S(=O)(=O)NCC2CCN(C3CCOCC3)CC2)c(C)c1. The maximum Gasteiger partial charge on any atom is 0.240 e. The first kappa shape index (κ1) is 19.6. The van der Waals surface area contributed by atoms with Gasteiger partial charge in [-0.25, -0.2) is 13.1 Å². The fraction of sp³-hybridized carbons (Fsp3) is 0.684. The largest absolute Gasteiger partial charge is 0.497 e. The Kier molecular flexibility index (Phi) is 6.55. The van der Waals surface area contributed by atoms with Crippen LogP contribution in [0.3, 0.4) is 0 Å². The molecule has 0 saturated carbocycles. The van der Waals surface area contributed by atoms with Gasteiger partial charge in [0.1, 0.15) is 5.75 Å². The summed E-state index contributed by atoms with van der Waals surface area (Å²) >= 11 is 0. The number of ether oxygens (including phenoxy) is 2. The van der Waals surface area contributed by atoms with E-state index in [1.165, 1.54) is 0 Å². The lowest BCUT2D eigenvalue weighted by Gasteiger charge is -2.39. The first-order valence-electron chi connectivity index (χ1n) is 9.45. The molecule has 0 bridgehead atoms. The normalized spacial score (nSPS) is 21.0. The zero-order valence-electron chi connectivity index (χ0n) is 15.7. The molecule has 0 unspecified atom stereocenters. The van der Waals surface area contributed by atoms with Crippen molar-refractivity contribution in [1.29, 1.82) is 0 Å². The van der Waals surface area contributed by atoms with E-state index in [0.29, 0.717) is 34.7 Å². The van der Waals surface area contributed by atoms with Gasteiger partial charge in [0.05, 0.1) is 12.0 Å². The molecule has 7 heteroatoms. The van der Waals surface area contributed by atoms with Gasteiger partial charge in [0.2, 0.25) is 10.0 Å². The van der Waals surface area contributed by atoms with Crippen LogP contribution in [0.2, 0.25) is 0 Å².